The molecule has 2 aromatic heterocycles. The highest BCUT2D eigenvalue weighted by Gasteiger charge is 2.50. The van der Waals surface area contributed by atoms with Gasteiger partial charge in [0.25, 0.3) is 5.91 Å². The summed E-state index contributed by atoms with van der Waals surface area (Å²) in [6, 6.07) is 12.7. The lowest BCUT2D eigenvalue weighted by Gasteiger charge is -2.55. The first-order valence-corrected chi connectivity index (χ1v) is 23.1. The molecule has 6 aliphatic heterocycles. The summed E-state index contributed by atoms with van der Waals surface area (Å²) >= 11 is 0. The van der Waals surface area contributed by atoms with Gasteiger partial charge in [0.1, 0.15) is 24.1 Å². The number of piperidine rings is 1. The highest BCUT2D eigenvalue weighted by Crippen LogP contribution is 2.50. The standard InChI is InChI=1S/C48H56FN9O4/c1-28-19-34-32(4-7-37-35(34)21-51-53-37)43(58(28)27-48(49)15-16-48)38-6-3-31(20-50-38)55-25-47(26-55)13-11-30(12-14-47)22-54-17-18-56-39-8-5-33-36(44(39)62-24-41(56)29(54)2)23-57(46(33)61)40-9-10-42(59)52-45(40)60/h3-8,20-21,28-30,40-41,43H,9-19,22-27H2,1-2H3,(H,51,53)(H,52,59,60)/t28-,29-,40?,41+,43+/m1/s1. The predicted molar refractivity (Wildman–Crippen MR) is 232 cm³/mol. The van der Waals surface area contributed by atoms with Crippen LogP contribution in [-0.2, 0) is 22.6 Å². The summed E-state index contributed by atoms with van der Waals surface area (Å²) in [5.74, 6) is 0.607. The molecule has 13 nitrogen and oxygen atoms in total. The second-order valence-corrected chi connectivity index (χ2v) is 20.1. The van der Waals surface area contributed by atoms with Crippen molar-refractivity contribution in [3.63, 3.8) is 0 Å². The monoisotopic (exact) mass is 841 g/mol. The topological polar surface area (TPSA) is 130 Å². The summed E-state index contributed by atoms with van der Waals surface area (Å²) in [5, 5.41) is 11.0. The molecule has 4 aromatic rings. The fourth-order valence-electron chi connectivity index (χ4n) is 12.5. The molecule has 2 saturated carbocycles. The minimum absolute atomic E-state index is 0.0898. The van der Waals surface area contributed by atoms with E-state index in [0.717, 1.165) is 72.7 Å². The van der Waals surface area contributed by atoms with Gasteiger partial charge in [-0.3, -0.25) is 39.6 Å². The summed E-state index contributed by atoms with van der Waals surface area (Å²) in [4.78, 5) is 54.6. The fourth-order valence-corrected chi connectivity index (χ4v) is 12.5. The number of halogens is 1. The maximum absolute atomic E-state index is 15.4. The molecule has 3 saturated heterocycles. The van der Waals surface area contributed by atoms with Gasteiger partial charge >= 0.3 is 0 Å². The number of rotatable bonds is 7. The highest BCUT2D eigenvalue weighted by molar-refractivity contribution is 6.06. The van der Waals surface area contributed by atoms with Crippen LogP contribution in [-0.4, -0.2) is 123 Å². The van der Waals surface area contributed by atoms with Crippen molar-refractivity contribution in [1.29, 1.82) is 0 Å². The van der Waals surface area contributed by atoms with Crippen molar-refractivity contribution in [3.05, 3.63) is 76.7 Å². The van der Waals surface area contributed by atoms with Gasteiger partial charge in [0, 0.05) is 79.7 Å². The van der Waals surface area contributed by atoms with Gasteiger partial charge in [-0.15, -0.1) is 0 Å². The van der Waals surface area contributed by atoms with Crippen LogP contribution in [0.15, 0.2) is 48.8 Å². The number of hydrogen-bond acceptors (Lipinski definition) is 10. The Hall–Kier alpha value is -5.08. The number of amides is 3. The molecular weight excluding hydrogens is 786 g/mol. The van der Waals surface area contributed by atoms with Gasteiger partial charge in [0.15, 0.2) is 0 Å². The van der Waals surface area contributed by atoms with E-state index >= 15 is 4.39 Å². The van der Waals surface area contributed by atoms with Crippen molar-refractivity contribution in [2.24, 2.45) is 11.3 Å². The zero-order valence-corrected chi connectivity index (χ0v) is 35.7. The molecule has 0 radical (unpaired) electrons. The number of carbonyl (C=O) groups is 3. The zero-order valence-electron chi connectivity index (χ0n) is 35.7. The van der Waals surface area contributed by atoms with Gasteiger partial charge in [-0.2, -0.15) is 5.10 Å². The molecule has 2 aliphatic carbocycles. The van der Waals surface area contributed by atoms with Crippen LogP contribution in [0, 0.1) is 11.3 Å². The van der Waals surface area contributed by atoms with Crippen LogP contribution in [0.4, 0.5) is 15.8 Å². The van der Waals surface area contributed by atoms with E-state index in [9.17, 15) is 14.4 Å². The zero-order chi connectivity index (χ0) is 42.1. The second kappa shape index (κ2) is 14.2. The van der Waals surface area contributed by atoms with E-state index in [1.54, 1.807) is 4.90 Å². The number of benzene rings is 2. The van der Waals surface area contributed by atoms with Crippen LogP contribution < -0.4 is 19.9 Å². The summed E-state index contributed by atoms with van der Waals surface area (Å²) in [6.45, 7) is 11.1. The van der Waals surface area contributed by atoms with Crippen LogP contribution >= 0.6 is 0 Å². The Balaban J connectivity index is 0.666. The third-order valence-corrected chi connectivity index (χ3v) is 16.4. The summed E-state index contributed by atoms with van der Waals surface area (Å²) < 4.78 is 21.9. The van der Waals surface area contributed by atoms with E-state index in [2.05, 4.69) is 79.4 Å². The Labute approximate surface area is 361 Å². The smallest absolute Gasteiger partial charge is 0.255 e. The van der Waals surface area contributed by atoms with Gasteiger partial charge in [-0.25, -0.2) is 4.39 Å². The number of hydrogen-bond donors (Lipinski definition) is 2. The largest absolute Gasteiger partial charge is 0.489 e. The lowest BCUT2D eigenvalue weighted by Crippen LogP contribution is -2.63. The van der Waals surface area contributed by atoms with Crippen LogP contribution in [0.5, 0.6) is 5.75 Å². The average molecular weight is 842 g/mol. The Morgan fingerprint density at radius 3 is 2.53 bits per heavy atom. The number of fused-ring (bicyclic) bond motifs is 8. The summed E-state index contributed by atoms with van der Waals surface area (Å²) in [7, 11) is 0. The van der Waals surface area contributed by atoms with Crippen molar-refractivity contribution >= 4 is 40.0 Å². The van der Waals surface area contributed by atoms with Crippen LogP contribution in [0.25, 0.3) is 10.9 Å². The first-order chi connectivity index (χ1) is 30.0. The molecule has 1 unspecified atom stereocenters. The molecule has 2 aromatic carbocycles. The third-order valence-electron chi connectivity index (χ3n) is 16.4. The van der Waals surface area contributed by atoms with Crippen molar-refractivity contribution in [2.45, 2.75) is 114 Å². The first-order valence-electron chi connectivity index (χ1n) is 23.1. The van der Waals surface area contributed by atoms with E-state index in [-0.39, 0.29) is 36.4 Å². The van der Waals surface area contributed by atoms with E-state index < -0.39 is 17.6 Å². The minimum atomic E-state index is -1.09. The molecule has 12 rings (SSSR count). The van der Waals surface area contributed by atoms with Gasteiger partial charge < -0.3 is 19.4 Å². The number of nitrogens with zero attached hydrogens (tertiary/aromatic N) is 7. The molecule has 8 heterocycles. The normalized spacial score (nSPS) is 29.2. The SMILES string of the molecule is C[C@@H]1[C@@H]2COc3c(ccc4c3CN(C3CCC(=O)NC3=O)C4=O)N2CCN1CC1CCC2(CC1)CN(c1ccc([C@@H]3c4ccc5[nH]ncc5c4C[C@@H](C)N3CC3(F)CC3)nc1)C2. The number of imide groups is 1. The van der Waals surface area contributed by atoms with E-state index in [0.29, 0.717) is 61.9 Å². The lowest BCUT2D eigenvalue weighted by atomic mass is 9.65. The molecule has 0 bridgehead atoms. The minimum Gasteiger partial charge on any atom is -0.489 e. The third kappa shape index (κ3) is 6.24. The van der Waals surface area contributed by atoms with Gasteiger partial charge in [0.2, 0.25) is 11.8 Å². The highest BCUT2D eigenvalue weighted by atomic mass is 19.1. The average Bonchev–Trinajstić information content (AvgIpc) is 3.62. The Morgan fingerprint density at radius 1 is 0.919 bits per heavy atom. The molecule has 62 heavy (non-hydrogen) atoms. The second-order valence-electron chi connectivity index (χ2n) is 20.1. The molecular formula is C48H56FN9O4. The Bertz CT molecular complexity index is 2470. The van der Waals surface area contributed by atoms with Gasteiger partial charge in [-0.1, -0.05) is 6.07 Å². The fraction of sp³-hybridized carbons (Fsp3) is 0.562. The van der Waals surface area contributed by atoms with Gasteiger partial charge in [-0.05, 0) is 113 Å². The van der Waals surface area contributed by atoms with Gasteiger partial charge in [0.05, 0.1) is 53.6 Å². The Kier molecular flexibility index (Phi) is 8.85. The number of nitrogens with one attached hydrogen (secondary N) is 2. The van der Waals surface area contributed by atoms with Crippen LogP contribution in [0.2, 0.25) is 0 Å². The number of pyridine rings is 1. The Morgan fingerprint density at radius 2 is 1.76 bits per heavy atom. The van der Waals surface area contributed by atoms with Crippen molar-refractivity contribution in [2.75, 3.05) is 55.7 Å². The molecule has 5 fully saturated rings. The maximum atomic E-state index is 15.4. The number of H-pyrrole nitrogens is 1. The van der Waals surface area contributed by atoms with Crippen LogP contribution in [0.3, 0.4) is 0 Å². The summed E-state index contributed by atoms with van der Waals surface area (Å²) in [5.41, 5.74) is 7.52. The number of anilines is 2. The molecule has 5 atom stereocenters. The van der Waals surface area contributed by atoms with E-state index in [1.807, 2.05) is 18.3 Å². The van der Waals surface area contributed by atoms with Crippen molar-refractivity contribution in [1.82, 2.24) is 35.2 Å². The number of alkyl halides is 1. The molecule has 324 valence electrons. The molecule has 3 amide bonds. The molecule has 8 aliphatic rings. The van der Waals surface area contributed by atoms with Crippen LogP contribution in [0.1, 0.15) is 104 Å². The number of ether oxygens (including phenoxy) is 1. The van der Waals surface area contributed by atoms with E-state index in [4.69, 9.17) is 9.72 Å². The number of carbonyl (C=O) groups excluding carboxylic acids is 3. The number of piperazine rings is 1. The molecule has 1 spiro atoms. The number of aromatic amines is 1. The van der Waals surface area contributed by atoms with Crippen molar-refractivity contribution < 1.29 is 23.5 Å². The van der Waals surface area contributed by atoms with Crippen molar-refractivity contribution in [3.8, 4) is 5.75 Å². The molecule has 2 N–H and O–H groups in total. The quantitative estimate of drug-likeness (QED) is 0.230. The van der Waals surface area contributed by atoms with E-state index in [1.165, 1.54) is 42.5 Å². The number of aromatic nitrogens is 3. The summed E-state index contributed by atoms with van der Waals surface area (Å²) in [6.07, 6.45) is 11.8. The lowest BCUT2D eigenvalue weighted by molar-refractivity contribution is -0.136. The first kappa shape index (κ1) is 38.6. The maximum Gasteiger partial charge on any atom is 0.255 e. The predicted octanol–water partition coefficient (Wildman–Crippen LogP) is 5.53. The molecule has 14 heteroatoms.